The van der Waals surface area contributed by atoms with Crippen LogP contribution in [0.2, 0.25) is 0 Å². The molecule has 0 aromatic carbocycles. The van der Waals surface area contributed by atoms with E-state index < -0.39 is 5.60 Å². The highest BCUT2D eigenvalue weighted by Gasteiger charge is 2.33. The molecule has 1 aromatic heterocycles. The molecule has 5 nitrogen and oxygen atoms in total. The molecular weight excluding hydrogens is 264 g/mol. The van der Waals surface area contributed by atoms with E-state index in [1.165, 1.54) is 5.56 Å². The molecule has 0 saturated carbocycles. The third-order valence-corrected chi connectivity index (χ3v) is 4.14. The molecule has 1 fully saturated rings. The summed E-state index contributed by atoms with van der Waals surface area (Å²) in [7, 11) is 4.05. The van der Waals surface area contributed by atoms with Crippen molar-refractivity contribution in [3.63, 3.8) is 0 Å². The number of β-amino-alcohol motifs (C(OH)–C–C–N with tert-alkyl or cyclic N) is 1. The number of aromatic nitrogens is 2. The summed E-state index contributed by atoms with van der Waals surface area (Å²) in [6.07, 6.45) is 5.23. The fourth-order valence-corrected chi connectivity index (χ4v) is 3.36. The predicted molar refractivity (Wildman–Crippen MR) is 85.3 cm³/mol. The van der Waals surface area contributed by atoms with Crippen molar-refractivity contribution in [1.29, 1.82) is 0 Å². The van der Waals surface area contributed by atoms with Crippen LogP contribution in [0, 0.1) is 6.92 Å². The van der Waals surface area contributed by atoms with Crippen LogP contribution < -0.4 is 0 Å². The van der Waals surface area contributed by atoms with Gasteiger partial charge in [-0.05, 0) is 46.8 Å². The number of likely N-dealkylation sites (N-methyl/N-ethyl adjacent to an activating group) is 1. The van der Waals surface area contributed by atoms with E-state index in [4.69, 9.17) is 0 Å². The van der Waals surface area contributed by atoms with Crippen LogP contribution in [-0.4, -0.2) is 64.0 Å². The third kappa shape index (κ3) is 4.53. The minimum Gasteiger partial charge on any atom is -0.387 e. The van der Waals surface area contributed by atoms with Crippen molar-refractivity contribution in [1.82, 2.24) is 19.6 Å². The lowest BCUT2D eigenvalue weighted by atomic mass is 9.92. The Bertz CT molecular complexity index is 457. The monoisotopic (exact) mass is 294 g/mol. The lowest BCUT2D eigenvalue weighted by Gasteiger charge is -2.40. The first-order chi connectivity index (χ1) is 9.92. The summed E-state index contributed by atoms with van der Waals surface area (Å²) in [5.74, 6) is 0. The molecule has 1 N–H and O–H groups in total. The van der Waals surface area contributed by atoms with Crippen LogP contribution in [0.3, 0.4) is 0 Å². The van der Waals surface area contributed by atoms with E-state index in [9.17, 15) is 5.11 Å². The van der Waals surface area contributed by atoms with E-state index in [1.807, 2.05) is 18.8 Å². The van der Waals surface area contributed by atoms with Gasteiger partial charge < -0.3 is 10.0 Å². The predicted octanol–water partition coefficient (Wildman–Crippen LogP) is 1.49. The van der Waals surface area contributed by atoms with Crippen LogP contribution in [0.5, 0.6) is 0 Å². The second-order valence-electron chi connectivity index (χ2n) is 6.78. The van der Waals surface area contributed by atoms with Crippen LogP contribution in [0.25, 0.3) is 0 Å². The number of rotatable bonds is 6. The van der Waals surface area contributed by atoms with Gasteiger partial charge in [0.05, 0.1) is 11.3 Å². The SMILES string of the molecule is CCCn1cc(CN2CCCC(O)(CN(C)C)C2)c(C)n1. The summed E-state index contributed by atoms with van der Waals surface area (Å²) >= 11 is 0. The Morgan fingerprint density at radius 3 is 2.86 bits per heavy atom. The molecule has 0 bridgehead atoms. The quantitative estimate of drug-likeness (QED) is 0.863. The Labute approximate surface area is 128 Å². The maximum atomic E-state index is 10.7. The first kappa shape index (κ1) is 16.5. The molecule has 1 aromatic rings. The van der Waals surface area contributed by atoms with E-state index in [-0.39, 0.29) is 0 Å². The smallest absolute Gasteiger partial charge is 0.0900 e. The summed E-state index contributed by atoms with van der Waals surface area (Å²) in [6, 6.07) is 0. The average Bonchev–Trinajstić information content (AvgIpc) is 2.68. The molecule has 2 heterocycles. The van der Waals surface area contributed by atoms with Crippen LogP contribution in [0.1, 0.15) is 37.4 Å². The minimum absolute atomic E-state index is 0.574. The number of hydrogen-bond donors (Lipinski definition) is 1. The van der Waals surface area contributed by atoms with Crippen molar-refractivity contribution in [3.05, 3.63) is 17.5 Å². The topological polar surface area (TPSA) is 44.5 Å². The Morgan fingerprint density at radius 2 is 2.19 bits per heavy atom. The summed E-state index contributed by atoms with van der Waals surface area (Å²) < 4.78 is 2.04. The molecule has 1 aliphatic rings. The van der Waals surface area contributed by atoms with Crippen LogP contribution in [-0.2, 0) is 13.1 Å². The second-order valence-corrected chi connectivity index (χ2v) is 6.78. The molecule has 0 radical (unpaired) electrons. The van der Waals surface area contributed by atoms with Crippen molar-refractivity contribution in [3.8, 4) is 0 Å². The van der Waals surface area contributed by atoms with Gasteiger partial charge >= 0.3 is 0 Å². The largest absolute Gasteiger partial charge is 0.387 e. The maximum Gasteiger partial charge on any atom is 0.0900 e. The van der Waals surface area contributed by atoms with Crippen molar-refractivity contribution in [2.24, 2.45) is 0 Å². The van der Waals surface area contributed by atoms with Gasteiger partial charge in [-0.1, -0.05) is 6.92 Å². The number of nitrogens with zero attached hydrogens (tertiary/aromatic N) is 4. The molecule has 1 saturated heterocycles. The van der Waals surface area contributed by atoms with Crippen molar-refractivity contribution in [2.45, 2.75) is 51.8 Å². The van der Waals surface area contributed by atoms with E-state index in [1.54, 1.807) is 0 Å². The van der Waals surface area contributed by atoms with Gasteiger partial charge in [-0.2, -0.15) is 5.10 Å². The average molecular weight is 294 g/mol. The fourth-order valence-electron chi connectivity index (χ4n) is 3.36. The Hall–Kier alpha value is -0.910. The molecule has 0 spiro atoms. The molecule has 1 aliphatic heterocycles. The van der Waals surface area contributed by atoms with E-state index in [2.05, 4.69) is 34.9 Å². The zero-order valence-electron chi connectivity index (χ0n) is 14.0. The first-order valence-corrected chi connectivity index (χ1v) is 8.04. The first-order valence-electron chi connectivity index (χ1n) is 8.04. The van der Waals surface area contributed by atoms with Gasteiger partial charge in [0.15, 0.2) is 0 Å². The Balaban J connectivity index is 1.99. The van der Waals surface area contributed by atoms with Crippen molar-refractivity contribution >= 4 is 0 Å². The standard InChI is InChI=1S/C16H30N4O/c1-5-8-20-11-15(14(2)17-20)10-19-9-6-7-16(21,13-19)12-18(3)4/h11,21H,5-10,12-13H2,1-4H3. The second kappa shape index (κ2) is 6.90. The summed E-state index contributed by atoms with van der Waals surface area (Å²) in [4.78, 5) is 4.45. The highest BCUT2D eigenvalue weighted by Crippen LogP contribution is 2.23. The summed E-state index contributed by atoms with van der Waals surface area (Å²) in [6.45, 7) is 8.67. The molecule has 5 heteroatoms. The maximum absolute atomic E-state index is 10.7. The minimum atomic E-state index is -0.574. The molecule has 0 aliphatic carbocycles. The van der Waals surface area contributed by atoms with Crippen LogP contribution in [0.15, 0.2) is 6.20 Å². The number of aryl methyl sites for hydroxylation is 2. The highest BCUT2D eigenvalue weighted by molar-refractivity contribution is 5.15. The lowest BCUT2D eigenvalue weighted by molar-refractivity contribution is -0.0480. The van der Waals surface area contributed by atoms with E-state index in [0.717, 1.165) is 57.7 Å². The zero-order valence-corrected chi connectivity index (χ0v) is 14.0. The highest BCUT2D eigenvalue weighted by atomic mass is 16.3. The van der Waals surface area contributed by atoms with Gasteiger partial charge in [-0.3, -0.25) is 9.58 Å². The van der Waals surface area contributed by atoms with E-state index >= 15 is 0 Å². The number of aliphatic hydroxyl groups is 1. The summed E-state index contributed by atoms with van der Waals surface area (Å²) in [5, 5.41) is 15.3. The normalized spacial score (nSPS) is 23.9. The Kier molecular flexibility index (Phi) is 5.41. The van der Waals surface area contributed by atoms with Gasteiger partial charge in [0.2, 0.25) is 0 Å². The molecule has 0 amide bonds. The van der Waals surface area contributed by atoms with Crippen molar-refractivity contribution < 1.29 is 5.11 Å². The zero-order chi connectivity index (χ0) is 15.5. The number of hydrogen-bond acceptors (Lipinski definition) is 4. The van der Waals surface area contributed by atoms with Crippen LogP contribution >= 0.6 is 0 Å². The summed E-state index contributed by atoms with van der Waals surface area (Å²) in [5.41, 5.74) is 1.83. The van der Waals surface area contributed by atoms with Gasteiger partial charge in [0.25, 0.3) is 0 Å². The van der Waals surface area contributed by atoms with Gasteiger partial charge in [0.1, 0.15) is 0 Å². The van der Waals surface area contributed by atoms with Crippen molar-refractivity contribution in [2.75, 3.05) is 33.7 Å². The number of likely N-dealkylation sites (tertiary alicyclic amines) is 1. The van der Waals surface area contributed by atoms with Gasteiger partial charge in [-0.15, -0.1) is 0 Å². The lowest BCUT2D eigenvalue weighted by Crippen LogP contribution is -2.52. The molecule has 120 valence electrons. The molecular formula is C16H30N4O. The molecule has 2 rings (SSSR count). The third-order valence-electron chi connectivity index (χ3n) is 4.14. The molecule has 1 unspecified atom stereocenters. The molecule has 1 atom stereocenters. The fraction of sp³-hybridized carbons (Fsp3) is 0.812. The van der Waals surface area contributed by atoms with Gasteiger partial charge in [0, 0.05) is 37.9 Å². The molecule has 21 heavy (non-hydrogen) atoms. The van der Waals surface area contributed by atoms with E-state index in [0.29, 0.717) is 0 Å². The van der Waals surface area contributed by atoms with Gasteiger partial charge in [-0.25, -0.2) is 0 Å². The Morgan fingerprint density at radius 1 is 1.43 bits per heavy atom. The number of piperidine rings is 1. The van der Waals surface area contributed by atoms with Crippen LogP contribution in [0.4, 0.5) is 0 Å².